The van der Waals surface area contributed by atoms with Gasteiger partial charge in [0.1, 0.15) is 5.75 Å². The van der Waals surface area contributed by atoms with Crippen molar-refractivity contribution in [3.8, 4) is 5.75 Å². The van der Waals surface area contributed by atoms with Crippen LogP contribution in [0.2, 0.25) is 18.1 Å². The van der Waals surface area contributed by atoms with Gasteiger partial charge in [-0.25, -0.2) is 0 Å². The van der Waals surface area contributed by atoms with E-state index in [1.807, 2.05) is 25.2 Å². The van der Waals surface area contributed by atoms with Gasteiger partial charge < -0.3 is 14.6 Å². The topological polar surface area (TPSA) is 66.8 Å². The van der Waals surface area contributed by atoms with Crippen molar-refractivity contribution in [2.45, 2.75) is 44.2 Å². The molecule has 1 aromatic carbocycles. The van der Waals surface area contributed by atoms with Crippen LogP contribution in [-0.4, -0.2) is 37.1 Å². The van der Waals surface area contributed by atoms with Gasteiger partial charge >= 0.3 is 5.97 Å². The summed E-state index contributed by atoms with van der Waals surface area (Å²) in [4.78, 5) is 21.1. The molecule has 2 N–H and O–H groups in total. The monoisotopic (exact) mass is 342 g/mol. The third-order valence-electron chi connectivity index (χ3n) is 4.13. The highest BCUT2D eigenvalue weighted by molar-refractivity contribution is 7.99. The van der Waals surface area contributed by atoms with Crippen molar-refractivity contribution in [3.05, 3.63) is 29.3 Å². The zero-order chi connectivity index (χ0) is 17.0. The van der Waals surface area contributed by atoms with E-state index in [2.05, 4.69) is 19.9 Å². The van der Waals surface area contributed by atoms with E-state index in [9.17, 15) is 9.59 Å². The fraction of sp³-hybridized carbons (Fsp3) is 0.562. The minimum absolute atomic E-state index is 0.101. The summed E-state index contributed by atoms with van der Waals surface area (Å²) in [6.45, 7) is 8.08. The van der Waals surface area contributed by atoms with E-state index in [0.29, 0.717) is 5.75 Å². The van der Waals surface area contributed by atoms with Crippen LogP contribution in [0.5, 0.6) is 5.75 Å². The normalized spacial score (nSPS) is 12.3. The molecule has 6 heteroatoms. The molecule has 0 unspecified atom stereocenters. The van der Waals surface area contributed by atoms with Crippen LogP contribution in [0.1, 0.15) is 25.0 Å². The maximum Gasteiger partial charge on any atom is 0.313 e. The molecule has 0 atom stereocenters. The standard InChI is InChI=1S/C16H26O4SSi/c1-16(2,22(4,5)19)9-13-8-12(6-7-14(13)20-3)10-21-11-15(17)18/h6-8,19H,9-11H2,1-5H3,(H,17,18). The minimum atomic E-state index is -2.30. The number of rotatable bonds is 8. The Bertz CT molecular complexity index is 523. The van der Waals surface area contributed by atoms with Crippen LogP contribution in [0, 0.1) is 0 Å². The SMILES string of the molecule is COc1ccc(CSCC(=O)O)cc1CC(C)(C)[Si](C)(C)O. The van der Waals surface area contributed by atoms with E-state index in [1.165, 1.54) is 11.8 Å². The van der Waals surface area contributed by atoms with Crippen LogP contribution in [-0.2, 0) is 17.0 Å². The molecule has 0 aliphatic heterocycles. The molecule has 0 aliphatic carbocycles. The molecule has 0 aliphatic rings. The molecule has 0 saturated carbocycles. The van der Waals surface area contributed by atoms with Crippen molar-refractivity contribution in [2.75, 3.05) is 12.9 Å². The Morgan fingerprint density at radius 2 is 2.00 bits per heavy atom. The van der Waals surface area contributed by atoms with Gasteiger partial charge in [0, 0.05) is 5.75 Å². The first kappa shape index (κ1) is 19.1. The number of hydrogen-bond donors (Lipinski definition) is 2. The fourth-order valence-electron chi connectivity index (χ4n) is 2.01. The first-order valence-corrected chi connectivity index (χ1v) is 11.3. The Balaban J connectivity index is 2.94. The van der Waals surface area contributed by atoms with Crippen molar-refractivity contribution in [1.29, 1.82) is 0 Å². The molecule has 0 spiro atoms. The maximum atomic E-state index is 10.6. The van der Waals surface area contributed by atoms with Crippen LogP contribution in [0.3, 0.4) is 0 Å². The minimum Gasteiger partial charge on any atom is -0.496 e. The number of carboxylic acid groups (broad SMARTS) is 1. The number of ether oxygens (including phenoxy) is 1. The molecule has 22 heavy (non-hydrogen) atoms. The molecule has 0 amide bonds. The second-order valence-electron chi connectivity index (χ2n) is 6.65. The van der Waals surface area contributed by atoms with Crippen LogP contribution in [0.15, 0.2) is 18.2 Å². The number of hydrogen-bond acceptors (Lipinski definition) is 4. The summed E-state index contributed by atoms with van der Waals surface area (Å²) >= 11 is 1.38. The van der Waals surface area contributed by atoms with Crippen LogP contribution in [0.25, 0.3) is 0 Å². The van der Waals surface area contributed by atoms with Crippen LogP contribution in [0.4, 0.5) is 0 Å². The molecule has 0 saturated heterocycles. The van der Waals surface area contributed by atoms with E-state index >= 15 is 0 Å². The zero-order valence-electron chi connectivity index (χ0n) is 14.0. The lowest BCUT2D eigenvalue weighted by Gasteiger charge is -2.35. The van der Waals surface area contributed by atoms with E-state index in [1.54, 1.807) is 7.11 Å². The van der Waals surface area contributed by atoms with Crippen LogP contribution < -0.4 is 4.74 Å². The third-order valence-corrected chi connectivity index (χ3v) is 8.61. The second-order valence-corrected chi connectivity index (χ2v) is 12.1. The molecule has 4 nitrogen and oxygen atoms in total. The van der Waals surface area contributed by atoms with Crippen molar-refractivity contribution >= 4 is 26.0 Å². The number of benzene rings is 1. The lowest BCUT2D eigenvalue weighted by Crippen LogP contribution is -2.40. The van der Waals surface area contributed by atoms with Gasteiger partial charge in [-0.3, -0.25) is 4.79 Å². The third kappa shape index (κ3) is 5.33. The number of carboxylic acids is 1. The summed E-state index contributed by atoms with van der Waals surface area (Å²) in [7, 11) is -0.654. The molecule has 0 heterocycles. The van der Waals surface area contributed by atoms with Crippen molar-refractivity contribution in [2.24, 2.45) is 0 Å². The molecule has 0 radical (unpaired) electrons. The zero-order valence-corrected chi connectivity index (χ0v) is 15.8. The average molecular weight is 343 g/mol. The molecule has 0 bridgehead atoms. The summed E-state index contributed by atoms with van der Waals surface area (Å²) in [6, 6.07) is 5.95. The van der Waals surface area contributed by atoms with Crippen molar-refractivity contribution in [1.82, 2.24) is 0 Å². The highest BCUT2D eigenvalue weighted by atomic mass is 32.2. The van der Waals surface area contributed by atoms with Crippen molar-refractivity contribution < 1.29 is 19.4 Å². The highest BCUT2D eigenvalue weighted by Gasteiger charge is 2.38. The number of carbonyl (C=O) groups is 1. The van der Waals surface area contributed by atoms with E-state index in [0.717, 1.165) is 23.3 Å². The quantitative estimate of drug-likeness (QED) is 0.707. The van der Waals surface area contributed by atoms with Gasteiger partial charge in [-0.1, -0.05) is 26.0 Å². The van der Waals surface area contributed by atoms with Gasteiger partial charge in [0.05, 0.1) is 12.9 Å². The lowest BCUT2D eigenvalue weighted by atomic mass is 9.99. The highest BCUT2D eigenvalue weighted by Crippen LogP contribution is 2.40. The molecular weight excluding hydrogens is 316 g/mol. The Hall–Kier alpha value is -0.983. The predicted molar refractivity (Wildman–Crippen MR) is 94.2 cm³/mol. The summed E-state index contributed by atoms with van der Waals surface area (Å²) in [6.07, 6.45) is 0.739. The smallest absolute Gasteiger partial charge is 0.313 e. The average Bonchev–Trinajstić information content (AvgIpc) is 2.37. The van der Waals surface area contributed by atoms with Gasteiger partial charge in [0.15, 0.2) is 8.32 Å². The summed E-state index contributed by atoms with van der Waals surface area (Å²) < 4.78 is 5.43. The summed E-state index contributed by atoms with van der Waals surface area (Å²) in [5.74, 6) is 0.777. The Kier molecular flexibility index (Phi) is 6.52. The van der Waals surface area contributed by atoms with Gasteiger partial charge in [0.25, 0.3) is 0 Å². The fourth-order valence-corrected chi connectivity index (χ4v) is 3.32. The molecule has 1 rings (SSSR count). The maximum absolute atomic E-state index is 10.6. The lowest BCUT2D eigenvalue weighted by molar-refractivity contribution is -0.133. The first-order chi connectivity index (χ1) is 10.1. The molecule has 0 aromatic heterocycles. The van der Waals surface area contributed by atoms with Crippen LogP contribution >= 0.6 is 11.8 Å². The summed E-state index contributed by atoms with van der Waals surface area (Å²) in [5.41, 5.74) is 2.14. The number of aliphatic carboxylic acids is 1. The molecule has 1 aromatic rings. The predicted octanol–water partition coefficient (Wildman–Crippen LogP) is 3.53. The van der Waals surface area contributed by atoms with Gasteiger partial charge in [-0.2, -0.15) is 0 Å². The Labute approximate surface area is 138 Å². The largest absolute Gasteiger partial charge is 0.496 e. The van der Waals surface area contributed by atoms with E-state index in [4.69, 9.17) is 9.84 Å². The van der Waals surface area contributed by atoms with Gasteiger partial charge in [-0.15, -0.1) is 11.8 Å². The van der Waals surface area contributed by atoms with Crippen molar-refractivity contribution in [3.63, 3.8) is 0 Å². The first-order valence-electron chi connectivity index (χ1n) is 7.24. The second kappa shape index (κ2) is 7.52. The van der Waals surface area contributed by atoms with E-state index in [-0.39, 0.29) is 10.8 Å². The Morgan fingerprint density at radius 3 is 2.50 bits per heavy atom. The van der Waals surface area contributed by atoms with Gasteiger partial charge in [-0.05, 0) is 41.7 Å². The van der Waals surface area contributed by atoms with Gasteiger partial charge in [0.2, 0.25) is 0 Å². The molecular formula is C16H26O4SSi. The number of thioether (sulfide) groups is 1. The summed E-state index contributed by atoms with van der Waals surface area (Å²) in [5, 5.41) is 8.53. The van der Waals surface area contributed by atoms with E-state index < -0.39 is 14.3 Å². The molecule has 124 valence electrons. The number of methoxy groups -OCH3 is 1. The Morgan fingerprint density at radius 1 is 1.36 bits per heavy atom. The molecule has 0 fully saturated rings.